The van der Waals surface area contributed by atoms with Gasteiger partial charge in [0.15, 0.2) is 0 Å². The molecule has 2 rings (SSSR count). The number of nitrogens with zero attached hydrogens (tertiary/aromatic N) is 1. The van der Waals surface area contributed by atoms with Crippen molar-refractivity contribution in [3.05, 3.63) is 29.8 Å². The lowest BCUT2D eigenvalue weighted by molar-refractivity contribution is -0.125. The molecule has 2 amide bonds. The fourth-order valence-electron chi connectivity index (χ4n) is 1.71. The van der Waals surface area contributed by atoms with Crippen LogP contribution in [0.25, 0.3) is 0 Å². The summed E-state index contributed by atoms with van der Waals surface area (Å²) in [6, 6.07) is 8.25. The van der Waals surface area contributed by atoms with Crippen LogP contribution < -0.4 is 4.90 Å². The SMILES string of the molecule is CC(=O)N1C(=O)CCc2c[c]ccc21. The Morgan fingerprint density at radius 3 is 3.00 bits per heavy atom. The Labute approximate surface area is 82.3 Å². The maximum absolute atomic E-state index is 11.5. The Bertz CT molecular complexity index is 398. The van der Waals surface area contributed by atoms with Gasteiger partial charge in [0.2, 0.25) is 11.8 Å². The molecule has 1 heterocycles. The van der Waals surface area contributed by atoms with Crippen molar-refractivity contribution in [3.8, 4) is 0 Å². The summed E-state index contributed by atoms with van der Waals surface area (Å²) < 4.78 is 0. The Kier molecular flexibility index (Phi) is 2.08. The third kappa shape index (κ3) is 1.31. The van der Waals surface area contributed by atoms with Crippen LogP contribution in [0.15, 0.2) is 18.2 Å². The van der Waals surface area contributed by atoms with Gasteiger partial charge in [-0.3, -0.25) is 14.5 Å². The second-order valence-electron chi connectivity index (χ2n) is 3.30. The quantitative estimate of drug-likeness (QED) is 0.615. The van der Waals surface area contributed by atoms with Crippen LogP contribution >= 0.6 is 0 Å². The molecule has 0 aliphatic carbocycles. The molecule has 0 bridgehead atoms. The van der Waals surface area contributed by atoms with Crippen molar-refractivity contribution < 1.29 is 9.59 Å². The average molecular weight is 188 g/mol. The topological polar surface area (TPSA) is 37.4 Å². The van der Waals surface area contributed by atoms with Gasteiger partial charge in [0, 0.05) is 13.3 Å². The smallest absolute Gasteiger partial charge is 0.234 e. The molecule has 0 N–H and O–H groups in total. The lowest BCUT2D eigenvalue weighted by Crippen LogP contribution is -2.38. The molecule has 1 aromatic rings. The van der Waals surface area contributed by atoms with Gasteiger partial charge >= 0.3 is 0 Å². The molecule has 0 saturated carbocycles. The zero-order valence-corrected chi connectivity index (χ0v) is 7.91. The molecule has 1 aliphatic rings. The maximum Gasteiger partial charge on any atom is 0.234 e. The number of hydrogen-bond acceptors (Lipinski definition) is 2. The maximum atomic E-state index is 11.5. The molecule has 0 atom stereocenters. The number of amides is 2. The number of fused-ring (bicyclic) bond motifs is 1. The number of aryl methyl sites for hydroxylation is 1. The van der Waals surface area contributed by atoms with E-state index in [-0.39, 0.29) is 11.8 Å². The summed E-state index contributed by atoms with van der Waals surface area (Å²) in [6.45, 7) is 1.41. The molecule has 0 fully saturated rings. The molecule has 0 aromatic heterocycles. The van der Waals surface area contributed by atoms with E-state index in [0.717, 1.165) is 5.56 Å². The lowest BCUT2D eigenvalue weighted by Gasteiger charge is -2.26. The molecule has 0 spiro atoms. The van der Waals surface area contributed by atoms with E-state index in [1.165, 1.54) is 11.8 Å². The van der Waals surface area contributed by atoms with E-state index < -0.39 is 0 Å². The first-order valence-electron chi connectivity index (χ1n) is 4.52. The zero-order valence-electron chi connectivity index (χ0n) is 7.91. The molecule has 14 heavy (non-hydrogen) atoms. The van der Waals surface area contributed by atoms with Gasteiger partial charge in [-0.1, -0.05) is 6.07 Å². The number of rotatable bonds is 0. The number of benzene rings is 1. The van der Waals surface area contributed by atoms with E-state index in [2.05, 4.69) is 6.07 Å². The van der Waals surface area contributed by atoms with Gasteiger partial charge in [-0.25, -0.2) is 0 Å². The minimum atomic E-state index is -0.220. The molecule has 0 unspecified atom stereocenters. The second kappa shape index (κ2) is 3.25. The summed E-state index contributed by atoms with van der Waals surface area (Å²) in [5.41, 5.74) is 1.73. The highest BCUT2D eigenvalue weighted by molar-refractivity contribution is 6.15. The number of hydrogen-bond donors (Lipinski definition) is 0. The molecular formula is C11H10NO2. The Morgan fingerprint density at radius 2 is 2.29 bits per heavy atom. The third-order valence-electron chi connectivity index (χ3n) is 2.34. The van der Waals surface area contributed by atoms with Crippen LogP contribution in [0, 0.1) is 6.07 Å². The normalized spacial score (nSPS) is 15.2. The lowest BCUT2D eigenvalue weighted by atomic mass is 10.0. The van der Waals surface area contributed by atoms with Gasteiger partial charge in [-0.2, -0.15) is 0 Å². The van der Waals surface area contributed by atoms with Crippen molar-refractivity contribution in [1.82, 2.24) is 0 Å². The number of imide groups is 1. The zero-order chi connectivity index (χ0) is 10.1. The summed E-state index contributed by atoms with van der Waals surface area (Å²) >= 11 is 0. The van der Waals surface area contributed by atoms with Crippen LogP contribution in [-0.2, 0) is 16.0 Å². The van der Waals surface area contributed by atoms with E-state index in [9.17, 15) is 9.59 Å². The molecule has 0 saturated heterocycles. The van der Waals surface area contributed by atoms with Gasteiger partial charge in [0.25, 0.3) is 0 Å². The van der Waals surface area contributed by atoms with Crippen LogP contribution in [0.1, 0.15) is 18.9 Å². The van der Waals surface area contributed by atoms with Gasteiger partial charge in [-0.05, 0) is 30.2 Å². The first-order valence-corrected chi connectivity index (χ1v) is 4.52. The van der Waals surface area contributed by atoms with Gasteiger partial charge in [-0.15, -0.1) is 0 Å². The van der Waals surface area contributed by atoms with Crippen LogP contribution in [-0.4, -0.2) is 11.8 Å². The highest BCUT2D eigenvalue weighted by atomic mass is 16.2. The predicted octanol–water partition coefficient (Wildman–Crippen LogP) is 1.31. The largest absolute Gasteiger partial charge is 0.274 e. The summed E-state index contributed by atoms with van der Waals surface area (Å²) in [7, 11) is 0. The number of anilines is 1. The molecule has 1 aliphatic heterocycles. The molecule has 3 heteroatoms. The van der Waals surface area contributed by atoms with E-state index in [0.29, 0.717) is 18.5 Å². The van der Waals surface area contributed by atoms with E-state index >= 15 is 0 Å². The summed E-state index contributed by atoms with van der Waals surface area (Å²) in [5, 5.41) is 0. The highest BCUT2D eigenvalue weighted by Crippen LogP contribution is 2.27. The monoisotopic (exact) mass is 188 g/mol. The van der Waals surface area contributed by atoms with Crippen molar-refractivity contribution in [1.29, 1.82) is 0 Å². The molecule has 71 valence electrons. The average Bonchev–Trinajstić information content (AvgIpc) is 2.17. The Balaban J connectivity index is 2.51. The number of carbonyl (C=O) groups is 2. The van der Waals surface area contributed by atoms with E-state index in [1.54, 1.807) is 12.1 Å². The predicted molar refractivity (Wildman–Crippen MR) is 51.8 cm³/mol. The van der Waals surface area contributed by atoms with Crippen LogP contribution in [0.2, 0.25) is 0 Å². The van der Waals surface area contributed by atoms with Gasteiger partial charge in [0.1, 0.15) is 0 Å². The van der Waals surface area contributed by atoms with Crippen molar-refractivity contribution in [2.45, 2.75) is 19.8 Å². The molecular weight excluding hydrogens is 178 g/mol. The van der Waals surface area contributed by atoms with Crippen molar-refractivity contribution in [2.75, 3.05) is 4.90 Å². The highest BCUT2D eigenvalue weighted by Gasteiger charge is 2.26. The number of carbonyl (C=O) groups excluding carboxylic acids is 2. The van der Waals surface area contributed by atoms with E-state index in [4.69, 9.17) is 0 Å². The van der Waals surface area contributed by atoms with Gasteiger partial charge < -0.3 is 0 Å². The third-order valence-corrected chi connectivity index (χ3v) is 2.34. The standard InChI is InChI=1S/C11H10NO2/c1-8(13)12-10-5-3-2-4-9(10)6-7-11(12)14/h3-5H,6-7H2,1H3. The summed E-state index contributed by atoms with van der Waals surface area (Å²) in [6.07, 6.45) is 1.11. The van der Waals surface area contributed by atoms with Gasteiger partial charge in [0.05, 0.1) is 5.69 Å². The molecule has 1 aromatic carbocycles. The van der Waals surface area contributed by atoms with Crippen LogP contribution in [0.5, 0.6) is 0 Å². The Morgan fingerprint density at radius 1 is 1.50 bits per heavy atom. The summed E-state index contributed by atoms with van der Waals surface area (Å²) in [5.74, 6) is -0.335. The minimum absolute atomic E-state index is 0.115. The minimum Gasteiger partial charge on any atom is -0.274 e. The van der Waals surface area contributed by atoms with Crippen molar-refractivity contribution in [2.24, 2.45) is 0 Å². The second-order valence-corrected chi connectivity index (χ2v) is 3.30. The first kappa shape index (κ1) is 8.94. The fraction of sp³-hybridized carbons (Fsp3) is 0.273. The molecule has 3 nitrogen and oxygen atoms in total. The van der Waals surface area contributed by atoms with Crippen LogP contribution in [0.3, 0.4) is 0 Å². The molecule has 1 radical (unpaired) electrons. The van der Waals surface area contributed by atoms with Crippen molar-refractivity contribution >= 4 is 17.5 Å². The van der Waals surface area contributed by atoms with Crippen LogP contribution in [0.4, 0.5) is 5.69 Å². The Hall–Kier alpha value is -1.64. The fourth-order valence-corrected chi connectivity index (χ4v) is 1.71. The summed E-state index contributed by atoms with van der Waals surface area (Å²) in [4.78, 5) is 24.0. The first-order chi connectivity index (χ1) is 6.70. The van der Waals surface area contributed by atoms with E-state index in [1.807, 2.05) is 6.07 Å². The van der Waals surface area contributed by atoms with Crippen molar-refractivity contribution in [3.63, 3.8) is 0 Å².